The topological polar surface area (TPSA) is 26.0 Å². The van der Waals surface area contributed by atoms with Gasteiger partial charge < -0.3 is 5.73 Å². The van der Waals surface area contributed by atoms with Gasteiger partial charge in [0.1, 0.15) is 0 Å². The molecule has 0 amide bonds. The average molecular weight is 161 g/mol. The fourth-order valence-corrected chi connectivity index (χ4v) is 1.18. The van der Waals surface area contributed by atoms with Crippen molar-refractivity contribution in [1.29, 1.82) is 0 Å². The Morgan fingerprint density at radius 1 is 1.42 bits per heavy atom. The number of aryl methyl sites for hydroxylation is 1. The summed E-state index contributed by atoms with van der Waals surface area (Å²) in [6.45, 7) is 4.75. The van der Waals surface area contributed by atoms with Crippen molar-refractivity contribution in [3.8, 4) is 0 Å². The molecule has 12 heavy (non-hydrogen) atoms. The third-order valence-corrected chi connectivity index (χ3v) is 1.93. The van der Waals surface area contributed by atoms with Crippen LogP contribution in [0.3, 0.4) is 0 Å². The Balaban J connectivity index is 3.08. The molecule has 1 aromatic carbocycles. The molecule has 0 atom stereocenters. The van der Waals surface area contributed by atoms with Crippen LogP contribution in [0.5, 0.6) is 0 Å². The molecule has 0 bridgehead atoms. The molecule has 0 heterocycles. The minimum absolute atomic E-state index is 0.616. The van der Waals surface area contributed by atoms with Crippen molar-refractivity contribution in [2.24, 2.45) is 5.73 Å². The maximum atomic E-state index is 5.54. The second-order valence-electron chi connectivity index (χ2n) is 2.90. The van der Waals surface area contributed by atoms with Gasteiger partial charge in [0.2, 0.25) is 0 Å². The lowest BCUT2D eigenvalue weighted by atomic mass is 10.0. The lowest BCUT2D eigenvalue weighted by Gasteiger charge is -2.02. The molecule has 0 saturated heterocycles. The molecule has 2 N–H and O–H groups in total. The predicted molar refractivity (Wildman–Crippen MR) is 53.8 cm³/mol. The Morgan fingerprint density at radius 2 is 2.17 bits per heavy atom. The van der Waals surface area contributed by atoms with Crippen LogP contribution in [0.1, 0.15) is 23.6 Å². The molecule has 0 aliphatic heterocycles. The highest BCUT2D eigenvalue weighted by Crippen LogP contribution is 2.12. The molecule has 0 aliphatic rings. The van der Waals surface area contributed by atoms with Crippen molar-refractivity contribution in [2.45, 2.75) is 20.4 Å². The van der Waals surface area contributed by atoms with E-state index in [1.54, 1.807) is 0 Å². The molecule has 0 aromatic heterocycles. The summed E-state index contributed by atoms with van der Waals surface area (Å²) in [5.74, 6) is 0. The maximum Gasteiger partial charge on any atom is 0.0178 e. The molecule has 1 aromatic rings. The van der Waals surface area contributed by atoms with Gasteiger partial charge in [0.25, 0.3) is 0 Å². The zero-order chi connectivity index (χ0) is 8.97. The first-order chi connectivity index (χ1) is 5.77. The van der Waals surface area contributed by atoms with E-state index in [2.05, 4.69) is 31.2 Å². The predicted octanol–water partition coefficient (Wildman–Crippen LogP) is 2.49. The second-order valence-corrected chi connectivity index (χ2v) is 2.90. The summed E-state index contributed by atoms with van der Waals surface area (Å²) >= 11 is 0. The molecule has 1 heteroatoms. The van der Waals surface area contributed by atoms with Gasteiger partial charge in [-0.2, -0.15) is 0 Å². The molecule has 0 radical (unpaired) electrons. The van der Waals surface area contributed by atoms with E-state index in [1.165, 1.54) is 16.7 Å². The van der Waals surface area contributed by atoms with Gasteiger partial charge in [-0.3, -0.25) is 0 Å². The number of hydrogen-bond donors (Lipinski definition) is 1. The van der Waals surface area contributed by atoms with Crippen LogP contribution in [-0.2, 0) is 6.54 Å². The molecule has 1 rings (SSSR count). The number of rotatable bonds is 2. The molecule has 1 nitrogen and oxygen atoms in total. The van der Waals surface area contributed by atoms with Crippen molar-refractivity contribution in [3.63, 3.8) is 0 Å². The van der Waals surface area contributed by atoms with Crippen molar-refractivity contribution in [1.82, 2.24) is 0 Å². The molecule has 0 unspecified atom stereocenters. The number of hydrogen-bond acceptors (Lipinski definition) is 1. The minimum atomic E-state index is 0.616. The summed E-state index contributed by atoms with van der Waals surface area (Å²) in [6, 6.07) is 6.31. The Bertz CT molecular complexity index is 287. The zero-order valence-electron chi connectivity index (χ0n) is 7.67. The highest BCUT2D eigenvalue weighted by Gasteiger charge is 1.94. The first kappa shape index (κ1) is 9.01. The quantitative estimate of drug-likeness (QED) is 0.708. The van der Waals surface area contributed by atoms with Gasteiger partial charge >= 0.3 is 0 Å². The molecule has 0 fully saturated rings. The van der Waals surface area contributed by atoms with E-state index >= 15 is 0 Å². The highest BCUT2D eigenvalue weighted by molar-refractivity contribution is 5.54. The lowest BCUT2D eigenvalue weighted by Crippen LogP contribution is -1.96. The second kappa shape index (κ2) is 4.07. The first-order valence-corrected chi connectivity index (χ1v) is 4.20. The van der Waals surface area contributed by atoms with Crippen LogP contribution in [0.4, 0.5) is 0 Å². The number of benzene rings is 1. The van der Waals surface area contributed by atoms with E-state index in [9.17, 15) is 0 Å². The number of allylic oxidation sites excluding steroid dienone is 1. The first-order valence-electron chi connectivity index (χ1n) is 4.20. The van der Waals surface area contributed by atoms with Gasteiger partial charge in [0, 0.05) is 6.54 Å². The van der Waals surface area contributed by atoms with Crippen LogP contribution in [0.15, 0.2) is 24.3 Å². The van der Waals surface area contributed by atoms with Gasteiger partial charge in [-0.1, -0.05) is 30.4 Å². The fourth-order valence-electron chi connectivity index (χ4n) is 1.18. The molecular formula is C11H15N. The lowest BCUT2D eigenvalue weighted by molar-refractivity contribution is 1.07. The highest BCUT2D eigenvalue weighted by atomic mass is 14.5. The maximum absolute atomic E-state index is 5.54. The summed E-state index contributed by atoms with van der Waals surface area (Å²) < 4.78 is 0. The Kier molecular flexibility index (Phi) is 3.06. The monoisotopic (exact) mass is 161 g/mol. The third-order valence-electron chi connectivity index (χ3n) is 1.93. The average Bonchev–Trinajstić information content (AvgIpc) is 2.09. The zero-order valence-corrected chi connectivity index (χ0v) is 7.67. The van der Waals surface area contributed by atoms with E-state index in [1.807, 2.05) is 13.0 Å². The summed E-state index contributed by atoms with van der Waals surface area (Å²) in [6.07, 6.45) is 4.15. The summed E-state index contributed by atoms with van der Waals surface area (Å²) in [7, 11) is 0. The van der Waals surface area contributed by atoms with Gasteiger partial charge in [-0.05, 0) is 30.5 Å². The SMILES string of the molecule is C/C=C\c1cc(CN)ccc1C. The van der Waals surface area contributed by atoms with Crippen LogP contribution < -0.4 is 5.73 Å². The van der Waals surface area contributed by atoms with Gasteiger partial charge in [0.15, 0.2) is 0 Å². The minimum Gasteiger partial charge on any atom is -0.326 e. The van der Waals surface area contributed by atoms with E-state index in [4.69, 9.17) is 5.73 Å². The van der Waals surface area contributed by atoms with E-state index < -0.39 is 0 Å². The summed E-state index contributed by atoms with van der Waals surface area (Å²) in [5, 5.41) is 0. The Labute approximate surface area is 73.9 Å². The van der Waals surface area contributed by atoms with Crippen LogP contribution >= 0.6 is 0 Å². The van der Waals surface area contributed by atoms with Crippen LogP contribution in [0.2, 0.25) is 0 Å². The van der Waals surface area contributed by atoms with E-state index in [0.29, 0.717) is 6.54 Å². The molecule has 64 valence electrons. The van der Waals surface area contributed by atoms with Gasteiger partial charge in [0.05, 0.1) is 0 Å². The van der Waals surface area contributed by atoms with Crippen molar-refractivity contribution < 1.29 is 0 Å². The standard InChI is InChI=1S/C11H15N/c1-3-4-11-7-10(8-12)6-5-9(11)2/h3-7H,8,12H2,1-2H3/b4-3-. The van der Waals surface area contributed by atoms with Crippen LogP contribution in [0.25, 0.3) is 6.08 Å². The largest absolute Gasteiger partial charge is 0.326 e. The number of nitrogens with two attached hydrogens (primary N) is 1. The van der Waals surface area contributed by atoms with Crippen molar-refractivity contribution in [3.05, 3.63) is 41.0 Å². The molecule has 0 spiro atoms. The smallest absolute Gasteiger partial charge is 0.0178 e. The van der Waals surface area contributed by atoms with Crippen LogP contribution in [-0.4, -0.2) is 0 Å². The van der Waals surface area contributed by atoms with Crippen LogP contribution in [0, 0.1) is 6.92 Å². The molecule has 0 aliphatic carbocycles. The van der Waals surface area contributed by atoms with Gasteiger partial charge in [-0.15, -0.1) is 0 Å². The third kappa shape index (κ3) is 1.95. The Hall–Kier alpha value is -1.08. The fraction of sp³-hybridized carbons (Fsp3) is 0.273. The van der Waals surface area contributed by atoms with E-state index in [-0.39, 0.29) is 0 Å². The summed E-state index contributed by atoms with van der Waals surface area (Å²) in [4.78, 5) is 0. The molecular weight excluding hydrogens is 146 g/mol. The Morgan fingerprint density at radius 3 is 2.75 bits per heavy atom. The normalized spacial score (nSPS) is 10.9. The summed E-state index contributed by atoms with van der Waals surface area (Å²) in [5.41, 5.74) is 9.29. The van der Waals surface area contributed by atoms with Gasteiger partial charge in [-0.25, -0.2) is 0 Å². The van der Waals surface area contributed by atoms with Crippen molar-refractivity contribution >= 4 is 6.08 Å². The van der Waals surface area contributed by atoms with Crippen molar-refractivity contribution in [2.75, 3.05) is 0 Å². The molecule has 0 saturated carbocycles. The van der Waals surface area contributed by atoms with E-state index in [0.717, 1.165) is 0 Å².